The van der Waals surface area contributed by atoms with Gasteiger partial charge in [-0.2, -0.15) is 0 Å². The number of allylic oxidation sites excluding steroid dienone is 1. The lowest BCUT2D eigenvalue weighted by Crippen LogP contribution is -1.96. The summed E-state index contributed by atoms with van der Waals surface area (Å²) in [4.78, 5) is 11.8. The van der Waals surface area contributed by atoms with Crippen LogP contribution in [0.5, 0.6) is 0 Å². The second-order valence-electron chi connectivity index (χ2n) is 3.83. The summed E-state index contributed by atoms with van der Waals surface area (Å²) in [5, 5.41) is 3.67. The third-order valence-corrected chi connectivity index (χ3v) is 3.42. The van der Waals surface area contributed by atoms with E-state index in [4.69, 9.17) is 11.6 Å². The number of hydrogen-bond donors (Lipinski definition) is 1. The van der Waals surface area contributed by atoms with E-state index in [1.165, 1.54) is 6.08 Å². The SMILES string of the molecule is O=C(/C=C/Nc1ccccc1Br)c1ccc(Cl)cc1. The van der Waals surface area contributed by atoms with Gasteiger partial charge in [0.15, 0.2) is 5.78 Å². The predicted molar refractivity (Wildman–Crippen MR) is 82.7 cm³/mol. The van der Waals surface area contributed by atoms with Crippen molar-refractivity contribution in [2.45, 2.75) is 0 Å². The first-order valence-electron chi connectivity index (χ1n) is 5.64. The van der Waals surface area contributed by atoms with Crippen LogP contribution >= 0.6 is 27.5 Å². The molecule has 0 bridgehead atoms. The first kappa shape index (κ1) is 13.8. The van der Waals surface area contributed by atoms with Crippen LogP contribution in [-0.2, 0) is 0 Å². The van der Waals surface area contributed by atoms with Crippen LogP contribution in [0.1, 0.15) is 10.4 Å². The van der Waals surface area contributed by atoms with Gasteiger partial charge in [-0.15, -0.1) is 0 Å². The first-order chi connectivity index (χ1) is 9.16. The van der Waals surface area contributed by atoms with Crippen LogP contribution in [0, 0.1) is 0 Å². The third kappa shape index (κ3) is 3.94. The van der Waals surface area contributed by atoms with Crippen LogP contribution < -0.4 is 5.32 Å². The van der Waals surface area contributed by atoms with Crippen LogP contribution in [0.2, 0.25) is 5.02 Å². The molecule has 0 saturated carbocycles. The second kappa shape index (κ2) is 6.55. The maximum Gasteiger partial charge on any atom is 0.187 e. The van der Waals surface area contributed by atoms with E-state index in [2.05, 4.69) is 21.2 Å². The molecule has 0 amide bonds. The highest BCUT2D eigenvalue weighted by Gasteiger charge is 2.01. The molecule has 2 rings (SSSR count). The number of nitrogens with one attached hydrogen (secondary N) is 1. The van der Waals surface area contributed by atoms with Gasteiger partial charge >= 0.3 is 0 Å². The lowest BCUT2D eigenvalue weighted by molar-refractivity contribution is 0.104. The summed E-state index contributed by atoms with van der Waals surface area (Å²) in [6.45, 7) is 0. The molecule has 0 radical (unpaired) electrons. The molecule has 0 aliphatic heterocycles. The minimum atomic E-state index is -0.0729. The number of para-hydroxylation sites is 1. The fraction of sp³-hybridized carbons (Fsp3) is 0. The van der Waals surface area contributed by atoms with Crippen molar-refractivity contribution in [3.8, 4) is 0 Å². The highest BCUT2D eigenvalue weighted by molar-refractivity contribution is 9.10. The lowest BCUT2D eigenvalue weighted by atomic mass is 10.1. The van der Waals surface area contributed by atoms with E-state index in [-0.39, 0.29) is 5.78 Å². The van der Waals surface area contributed by atoms with Crippen molar-refractivity contribution in [2.75, 3.05) is 5.32 Å². The fourth-order valence-electron chi connectivity index (χ4n) is 1.50. The van der Waals surface area contributed by atoms with Crippen LogP contribution in [0.4, 0.5) is 5.69 Å². The molecule has 0 aromatic heterocycles. The molecule has 2 nitrogen and oxygen atoms in total. The Kier molecular flexibility index (Phi) is 4.77. The Morgan fingerprint density at radius 3 is 2.47 bits per heavy atom. The van der Waals surface area contributed by atoms with Gasteiger partial charge in [0.1, 0.15) is 0 Å². The van der Waals surface area contributed by atoms with Crippen LogP contribution in [-0.4, -0.2) is 5.78 Å². The molecule has 96 valence electrons. The van der Waals surface area contributed by atoms with Crippen molar-refractivity contribution in [3.63, 3.8) is 0 Å². The monoisotopic (exact) mass is 335 g/mol. The Labute approximate surface area is 125 Å². The van der Waals surface area contributed by atoms with Crippen molar-refractivity contribution >= 4 is 39.0 Å². The van der Waals surface area contributed by atoms with E-state index < -0.39 is 0 Å². The molecular formula is C15H11BrClNO. The van der Waals surface area contributed by atoms with E-state index in [1.807, 2.05) is 24.3 Å². The van der Waals surface area contributed by atoms with E-state index in [0.29, 0.717) is 10.6 Å². The molecule has 0 fully saturated rings. The number of anilines is 1. The summed E-state index contributed by atoms with van der Waals surface area (Å²) in [5.41, 5.74) is 1.51. The average Bonchev–Trinajstić information content (AvgIpc) is 2.41. The van der Waals surface area contributed by atoms with Crippen LogP contribution in [0.15, 0.2) is 65.3 Å². The summed E-state index contributed by atoms with van der Waals surface area (Å²) in [5.74, 6) is -0.0729. The Bertz CT molecular complexity index is 608. The number of carbonyl (C=O) groups is 1. The number of rotatable bonds is 4. The van der Waals surface area contributed by atoms with Gasteiger partial charge in [-0.25, -0.2) is 0 Å². The minimum absolute atomic E-state index is 0.0729. The van der Waals surface area contributed by atoms with Gasteiger partial charge in [0.05, 0.1) is 5.69 Å². The molecule has 4 heteroatoms. The Morgan fingerprint density at radius 2 is 1.79 bits per heavy atom. The highest BCUT2D eigenvalue weighted by Crippen LogP contribution is 2.21. The summed E-state index contributed by atoms with van der Waals surface area (Å²) >= 11 is 9.19. The van der Waals surface area contributed by atoms with Gasteiger partial charge in [0.2, 0.25) is 0 Å². The Morgan fingerprint density at radius 1 is 1.11 bits per heavy atom. The van der Waals surface area contributed by atoms with E-state index in [1.54, 1.807) is 30.5 Å². The van der Waals surface area contributed by atoms with Gasteiger partial charge in [-0.1, -0.05) is 23.7 Å². The van der Waals surface area contributed by atoms with Crippen molar-refractivity contribution in [2.24, 2.45) is 0 Å². The number of ketones is 1. The highest BCUT2D eigenvalue weighted by atomic mass is 79.9. The predicted octanol–water partition coefficient (Wildman–Crippen LogP) is 4.91. The van der Waals surface area contributed by atoms with Gasteiger partial charge in [-0.05, 0) is 52.3 Å². The zero-order valence-corrected chi connectivity index (χ0v) is 12.3. The molecular weight excluding hydrogens is 326 g/mol. The van der Waals surface area contributed by atoms with Crippen LogP contribution in [0.25, 0.3) is 0 Å². The van der Waals surface area contributed by atoms with E-state index >= 15 is 0 Å². The molecule has 0 heterocycles. The maximum absolute atomic E-state index is 11.8. The molecule has 2 aromatic carbocycles. The smallest absolute Gasteiger partial charge is 0.187 e. The molecule has 1 N–H and O–H groups in total. The number of hydrogen-bond acceptors (Lipinski definition) is 2. The van der Waals surface area contributed by atoms with E-state index in [0.717, 1.165) is 10.2 Å². The fourth-order valence-corrected chi connectivity index (χ4v) is 2.02. The third-order valence-electron chi connectivity index (χ3n) is 2.48. The Balaban J connectivity index is 2.01. The normalized spacial score (nSPS) is 10.6. The van der Waals surface area contributed by atoms with Crippen molar-refractivity contribution in [3.05, 3.63) is 75.9 Å². The van der Waals surface area contributed by atoms with Crippen LogP contribution in [0.3, 0.4) is 0 Å². The summed E-state index contributed by atoms with van der Waals surface area (Å²) in [7, 11) is 0. The number of benzene rings is 2. The molecule has 0 unspecified atom stereocenters. The largest absolute Gasteiger partial charge is 0.361 e. The summed E-state index contributed by atoms with van der Waals surface area (Å²) in [6, 6.07) is 14.5. The number of carbonyl (C=O) groups excluding carboxylic acids is 1. The van der Waals surface area contributed by atoms with Gasteiger partial charge in [0, 0.05) is 27.3 Å². The second-order valence-corrected chi connectivity index (χ2v) is 5.12. The quantitative estimate of drug-likeness (QED) is 0.635. The minimum Gasteiger partial charge on any atom is -0.361 e. The first-order valence-corrected chi connectivity index (χ1v) is 6.81. The van der Waals surface area contributed by atoms with Crippen molar-refractivity contribution in [1.82, 2.24) is 0 Å². The zero-order chi connectivity index (χ0) is 13.7. The lowest BCUT2D eigenvalue weighted by Gasteiger charge is -2.02. The molecule has 2 aromatic rings. The standard InChI is InChI=1S/C15H11BrClNO/c16-13-3-1-2-4-14(13)18-10-9-15(19)11-5-7-12(17)8-6-11/h1-10,18H/b10-9+. The van der Waals surface area contributed by atoms with Gasteiger partial charge < -0.3 is 5.32 Å². The summed E-state index contributed by atoms with van der Waals surface area (Å²) in [6.07, 6.45) is 3.11. The summed E-state index contributed by atoms with van der Waals surface area (Å²) < 4.78 is 0.943. The average molecular weight is 337 g/mol. The molecule has 0 atom stereocenters. The topological polar surface area (TPSA) is 29.1 Å². The van der Waals surface area contributed by atoms with Crippen molar-refractivity contribution < 1.29 is 4.79 Å². The molecule has 0 aliphatic rings. The van der Waals surface area contributed by atoms with Crippen molar-refractivity contribution in [1.29, 1.82) is 0 Å². The molecule has 0 saturated heterocycles. The van der Waals surface area contributed by atoms with Gasteiger partial charge in [-0.3, -0.25) is 4.79 Å². The Hall–Kier alpha value is -1.58. The van der Waals surface area contributed by atoms with E-state index in [9.17, 15) is 4.79 Å². The molecule has 0 aliphatic carbocycles. The van der Waals surface area contributed by atoms with Gasteiger partial charge in [0.25, 0.3) is 0 Å². The zero-order valence-electron chi connectivity index (χ0n) is 9.94. The number of halogens is 2. The maximum atomic E-state index is 11.8. The molecule has 0 spiro atoms. The molecule has 19 heavy (non-hydrogen) atoms.